The Morgan fingerprint density at radius 1 is 1.11 bits per heavy atom. The van der Waals surface area contributed by atoms with E-state index in [0.717, 1.165) is 31.2 Å². The molecule has 0 aliphatic heterocycles. The summed E-state index contributed by atoms with van der Waals surface area (Å²) < 4.78 is 5.60. The maximum atomic E-state index is 5.60. The van der Waals surface area contributed by atoms with Gasteiger partial charge in [0.05, 0.1) is 6.54 Å². The van der Waals surface area contributed by atoms with Gasteiger partial charge in [-0.15, -0.1) is 11.3 Å². The molecule has 0 unspecified atom stereocenters. The molecule has 0 fully saturated rings. The van der Waals surface area contributed by atoms with Gasteiger partial charge in [0, 0.05) is 18.0 Å². The minimum Gasteiger partial charge on any atom is -0.465 e. The smallest absolute Gasteiger partial charge is 0.118 e. The van der Waals surface area contributed by atoms with Crippen LogP contribution in [0.4, 0.5) is 0 Å². The summed E-state index contributed by atoms with van der Waals surface area (Å²) in [7, 11) is 6.33. The molecule has 0 N–H and O–H groups in total. The average Bonchev–Trinajstić information content (AvgIpc) is 2.88. The second-order valence-electron chi connectivity index (χ2n) is 5.34. The molecular weight excluding hydrogens is 256 g/mol. The van der Waals surface area contributed by atoms with Gasteiger partial charge in [0.1, 0.15) is 11.5 Å². The fraction of sp³-hybridized carbons (Fsp3) is 0.467. The molecule has 0 aromatic carbocycles. The van der Waals surface area contributed by atoms with Crippen LogP contribution in [0.25, 0.3) is 0 Å². The van der Waals surface area contributed by atoms with Crippen LogP contribution in [-0.2, 0) is 19.6 Å². The van der Waals surface area contributed by atoms with Crippen molar-refractivity contribution in [3.8, 4) is 0 Å². The minimum absolute atomic E-state index is 0.856. The van der Waals surface area contributed by atoms with E-state index in [9.17, 15) is 0 Å². The number of hydrogen-bond acceptors (Lipinski definition) is 4. The van der Waals surface area contributed by atoms with E-state index in [4.69, 9.17) is 4.42 Å². The third-order valence-corrected chi connectivity index (χ3v) is 3.82. The lowest BCUT2D eigenvalue weighted by Crippen LogP contribution is -2.16. The van der Waals surface area contributed by atoms with E-state index in [0.29, 0.717) is 0 Å². The molecule has 0 spiro atoms. The third kappa shape index (κ3) is 4.49. The van der Waals surface area contributed by atoms with Gasteiger partial charge < -0.3 is 9.32 Å². The van der Waals surface area contributed by atoms with Crippen LogP contribution in [0.2, 0.25) is 0 Å². The van der Waals surface area contributed by atoms with Gasteiger partial charge >= 0.3 is 0 Å². The molecule has 0 bridgehead atoms. The Balaban J connectivity index is 1.88. The lowest BCUT2D eigenvalue weighted by atomic mass is 10.3. The van der Waals surface area contributed by atoms with Gasteiger partial charge in [-0.25, -0.2) is 0 Å². The van der Waals surface area contributed by atoms with E-state index in [1.54, 1.807) is 0 Å². The topological polar surface area (TPSA) is 19.6 Å². The quantitative estimate of drug-likeness (QED) is 0.808. The van der Waals surface area contributed by atoms with Crippen molar-refractivity contribution in [2.24, 2.45) is 0 Å². The van der Waals surface area contributed by atoms with Crippen molar-refractivity contribution in [3.05, 3.63) is 45.5 Å². The van der Waals surface area contributed by atoms with Gasteiger partial charge in [-0.2, -0.15) is 0 Å². The molecular formula is C15H22N2OS. The van der Waals surface area contributed by atoms with Crippen molar-refractivity contribution < 1.29 is 4.42 Å². The van der Waals surface area contributed by atoms with Crippen molar-refractivity contribution in [2.75, 3.05) is 21.1 Å². The van der Waals surface area contributed by atoms with Gasteiger partial charge in [0.2, 0.25) is 0 Å². The largest absolute Gasteiger partial charge is 0.465 e. The standard InChI is InChI=1S/C15H22N2OS/c1-12-5-6-14(18-12)9-17(4)10-15-7-13(11-19-15)8-16(2)3/h5-7,11H,8-10H2,1-4H3. The molecule has 2 heterocycles. The first kappa shape index (κ1) is 14.3. The Labute approximate surface area is 119 Å². The maximum absolute atomic E-state index is 5.60. The predicted octanol–water partition coefficient (Wildman–Crippen LogP) is 3.34. The van der Waals surface area contributed by atoms with E-state index in [2.05, 4.69) is 48.5 Å². The predicted molar refractivity (Wildman–Crippen MR) is 80.3 cm³/mol. The Hall–Kier alpha value is -1.10. The molecule has 0 saturated carbocycles. The summed E-state index contributed by atoms with van der Waals surface area (Å²) >= 11 is 1.84. The number of aryl methyl sites for hydroxylation is 1. The molecule has 2 rings (SSSR count). The van der Waals surface area contributed by atoms with Crippen molar-refractivity contribution >= 4 is 11.3 Å². The maximum Gasteiger partial charge on any atom is 0.118 e. The molecule has 3 nitrogen and oxygen atoms in total. The van der Waals surface area contributed by atoms with Gasteiger partial charge in [-0.1, -0.05) is 0 Å². The highest BCUT2D eigenvalue weighted by molar-refractivity contribution is 7.10. The van der Waals surface area contributed by atoms with Crippen LogP contribution in [0, 0.1) is 6.92 Å². The van der Waals surface area contributed by atoms with E-state index in [-0.39, 0.29) is 0 Å². The zero-order chi connectivity index (χ0) is 13.8. The fourth-order valence-corrected chi connectivity index (χ4v) is 3.07. The van der Waals surface area contributed by atoms with Gasteiger partial charge in [-0.3, -0.25) is 4.90 Å². The molecule has 0 aliphatic rings. The molecule has 0 saturated heterocycles. The summed E-state index contributed by atoms with van der Waals surface area (Å²) in [5.74, 6) is 2.01. The molecule has 0 atom stereocenters. The highest BCUT2D eigenvalue weighted by Gasteiger charge is 2.07. The number of furan rings is 1. The van der Waals surface area contributed by atoms with E-state index < -0.39 is 0 Å². The highest BCUT2D eigenvalue weighted by Crippen LogP contribution is 2.18. The van der Waals surface area contributed by atoms with Crippen LogP contribution >= 0.6 is 11.3 Å². The molecule has 2 aromatic heterocycles. The first-order valence-corrected chi connectivity index (χ1v) is 7.36. The summed E-state index contributed by atoms with van der Waals surface area (Å²) in [5.41, 5.74) is 1.40. The first-order chi connectivity index (χ1) is 9.02. The number of hydrogen-bond donors (Lipinski definition) is 0. The lowest BCUT2D eigenvalue weighted by molar-refractivity contribution is 0.287. The lowest BCUT2D eigenvalue weighted by Gasteiger charge is -2.13. The summed E-state index contributed by atoms with van der Waals surface area (Å²) in [5, 5.41) is 2.25. The number of rotatable bonds is 6. The van der Waals surface area contributed by atoms with Crippen molar-refractivity contribution in [3.63, 3.8) is 0 Å². The third-order valence-electron chi connectivity index (χ3n) is 2.85. The average molecular weight is 278 g/mol. The van der Waals surface area contributed by atoms with Crippen LogP contribution in [0.15, 0.2) is 28.0 Å². The van der Waals surface area contributed by atoms with Crippen LogP contribution in [0.5, 0.6) is 0 Å². The molecule has 0 aliphatic carbocycles. The summed E-state index contributed by atoms with van der Waals surface area (Å²) in [6.07, 6.45) is 0. The SMILES string of the molecule is Cc1ccc(CN(C)Cc2cc(CN(C)C)cs2)o1. The molecule has 4 heteroatoms. The molecule has 0 radical (unpaired) electrons. The zero-order valence-electron chi connectivity index (χ0n) is 12.1. The Morgan fingerprint density at radius 2 is 1.89 bits per heavy atom. The minimum atomic E-state index is 0.856. The number of nitrogens with zero attached hydrogens (tertiary/aromatic N) is 2. The van der Waals surface area contributed by atoms with Crippen molar-refractivity contribution in [1.29, 1.82) is 0 Å². The van der Waals surface area contributed by atoms with Crippen LogP contribution in [0.1, 0.15) is 22.0 Å². The van der Waals surface area contributed by atoms with Crippen LogP contribution < -0.4 is 0 Å². The Morgan fingerprint density at radius 3 is 2.53 bits per heavy atom. The fourth-order valence-electron chi connectivity index (χ4n) is 2.12. The molecule has 0 amide bonds. The molecule has 2 aromatic rings. The Kier molecular flexibility index (Phi) is 4.80. The summed E-state index contributed by atoms with van der Waals surface area (Å²) in [6, 6.07) is 6.37. The first-order valence-electron chi connectivity index (χ1n) is 6.48. The van der Waals surface area contributed by atoms with E-state index in [1.165, 1.54) is 10.4 Å². The Bertz CT molecular complexity index is 516. The van der Waals surface area contributed by atoms with Crippen LogP contribution in [0.3, 0.4) is 0 Å². The van der Waals surface area contributed by atoms with Crippen molar-refractivity contribution in [2.45, 2.75) is 26.6 Å². The monoisotopic (exact) mass is 278 g/mol. The number of thiophene rings is 1. The van der Waals surface area contributed by atoms with Gasteiger partial charge in [-0.05, 0) is 57.2 Å². The summed E-state index contributed by atoms with van der Waals surface area (Å²) in [6.45, 7) is 4.82. The highest BCUT2D eigenvalue weighted by atomic mass is 32.1. The second kappa shape index (κ2) is 6.37. The van der Waals surface area contributed by atoms with Crippen LogP contribution in [-0.4, -0.2) is 30.9 Å². The summed E-state index contributed by atoms with van der Waals surface area (Å²) in [4.78, 5) is 5.88. The van der Waals surface area contributed by atoms with Gasteiger partial charge in [0.15, 0.2) is 0 Å². The normalized spacial score (nSPS) is 11.7. The van der Waals surface area contributed by atoms with Crippen molar-refractivity contribution in [1.82, 2.24) is 9.80 Å². The zero-order valence-corrected chi connectivity index (χ0v) is 13.0. The van der Waals surface area contributed by atoms with E-state index >= 15 is 0 Å². The molecule has 104 valence electrons. The van der Waals surface area contributed by atoms with E-state index in [1.807, 2.05) is 24.3 Å². The molecule has 19 heavy (non-hydrogen) atoms. The van der Waals surface area contributed by atoms with Gasteiger partial charge in [0.25, 0.3) is 0 Å². The second-order valence-corrected chi connectivity index (χ2v) is 6.34.